The first-order valence-corrected chi connectivity index (χ1v) is 12.7. The van der Waals surface area contributed by atoms with Gasteiger partial charge in [-0.2, -0.15) is 0 Å². The summed E-state index contributed by atoms with van der Waals surface area (Å²) in [5.41, 5.74) is 1.08. The van der Waals surface area contributed by atoms with Gasteiger partial charge in [0, 0.05) is 12.5 Å². The molecule has 198 valence electrons. The summed E-state index contributed by atoms with van der Waals surface area (Å²) in [6.45, 7) is 4.99. The third-order valence-corrected chi connectivity index (χ3v) is 6.21. The minimum atomic E-state index is -1.50. The molecule has 1 aromatic carbocycles. The SMILES string of the molecule is CCCCCCCC(=O)N[C@H]1C(O)O[C@H](CO)[C@@H](O)[C@@H]1O[C@H](C)C(=O)N[C@@H](C)Cc1ccccc1. The molecule has 2 rings (SSSR count). The van der Waals surface area contributed by atoms with Crippen LogP contribution < -0.4 is 10.6 Å². The van der Waals surface area contributed by atoms with E-state index < -0.39 is 43.4 Å². The van der Waals surface area contributed by atoms with Crippen LogP contribution in [0.5, 0.6) is 0 Å². The number of carbonyl (C=O) groups is 2. The maximum Gasteiger partial charge on any atom is 0.249 e. The van der Waals surface area contributed by atoms with E-state index in [2.05, 4.69) is 17.6 Å². The van der Waals surface area contributed by atoms with E-state index >= 15 is 0 Å². The molecule has 1 saturated heterocycles. The van der Waals surface area contributed by atoms with Crippen LogP contribution in [0.15, 0.2) is 30.3 Å². The number of carbonyl (C=O) groups excluding carboxylic acids is 2. The van der Waals surface area contributed by atoms with Crippen LogP contribution in [0.4, 0.5) is 0 Å². The predicted molar refractivity (Wildman–Crippen MR) is 131 cm³/mol. The van der Waals surface area contributed by atoms with Crippen molar-refractivity contribution in [2.75, 3.05) is 6.61 Å². The lowest BCUT2D eigenvalue weighted by molar-refractivity contribution is -0.266. The van der Waals surface area contributed by atoms with E-state index in [-0.39, 0.29) is 24.3 Å². The van der Waals surface area contributed by atoms with Gasteiger partial charge in [-0.05, 0) is 32.3 Å². The molecule has 2 amide bonds. The zero-order valence-corrected chi connectivity index (χ0v) is 21.1. The van der Waals surface area contributed by atoms with Crippen LogP contribution >= 0.6 is 0 Å². The summed E-state index contributed by atoms with van der Waals surface area (Å²) in [4.78, 5) is 25.3. The summed E-state index contributed by atoms with van der Waals surface area (Å²) in [7, 11) is 0. The van der Waals surface area contributed by atoms with Gasteiger partial charge in [-0.3, -0.25) is 9.59 Å². The highest BCUT2D eigenvalue weighted by molar-refractivity contribution is 5.80. The Morgan fingerprint density at radius 3 is 2.43 bits per heavy atom. The van der Waals surface area contributed by atoms with Crippen LogP contribution in [0.1, 0.15) is 64.9 Å². The molecule has 0 radical (unpaired) electrons. The minimum absolute atomic E-state index is 0.158. The zero-order chi connectivity index (χ0) is 25.8. The average molecular weight is 495 g/mol. The standard InChI is InChI=1S/C26H42N2O7/c1-4-5-6-7-11-14-21(30)28-22-24(23(31)20(16-29)35-26(22)33)34-18(3)25(32)27-17(2)15-19-12-9-8-10-13-19/h8-10,12-13,17-18,20,22-24,26,29,31,33H,4-7,11,14-16H2,1-3H3,(H,27,32)(H,28,30)/t17-,18+,20+,22+,23+,24+,26?/m0/s1. The molecule has 0 saturated carbocycles. The lowest BCUT2D eigenvalue weighted by Crippen LogP contribution is -2.65. The molecule has 1 fully saturated rings. The minimum Gasteiger partial charge on any atom is -0.394 e. The van der Waals surface area contributed by atoms with Gasteiger partial charge in [0.2, 0.25) is 11.8 Å². The molecule has 5 N–H and O–H groups in total. The molecule has 1 unspecified atom stereocenters. The predicted octanol–water partition coefficient (Wildman–Crippen LogP) is 1.42. The highest BCUT2D eigenvalue weighted by Crippen LogP contribution is 2.24. The molecule has 0 aliphatic carbocycles. The summed E-state index contributed by atoms with van der Waals surface area (Å²) in [6.07, 6.45) is -0.264. The topological polar surface area (TPSA) is 137 Å². The van der Waals surface area contributed by atoms with Crippen LogP contribution in [0, 0.1) is 0 Å². The number of rotatable bonds is 14. The molecule has 35 heavy (non-hydrogen) atoms. The third-order valence-electron chi connectivity index (χ3n) is 6.21. The van der Waals surface area contributed by atoms with Crippen molar-refractivity contribution >= 4 is 11.8 Å². The van der Waals surface area contributed by atoms with E-state index in [0.717, 1.165) is 31.2 Å². The number of amides is 2. The zero-order valence-electron chi connectivity index (χ0n) is 21.1. The molecular formula is C26H42N2O7. The third kappa shape index (κ3) is 9.50. The Bertz CT molecular complexity index is 763. The Morgan fingerprint density at radius 1 is 1.09 bits per heavy atom. The largest absolute Gasteiger partial charge is 0.394 e. The molecule has 0 spiro atoms. The molecule has 1 aromatic rings. The fourth-order valence-electron chi connectivity index (χ4n) is 4.22. The lowest BCUT2D eigenvalue weighted by Gasteiger charge is -2.43. The fourth-order valence-corrected chi connectivity index (χ4v) is 4.22. The van der Waals surface area contributed by atoms with Crippen LogP contribution in [0.3, 0.4) is 0 Å². The molecule has 0 aromatic heterocycles. The van der Waals surface area contributed by atoms with Gasteiger partial charge in [-0.25, -0.2) is 0 Å². The first-order chi connectivity index (χ1) is 16.8. The molecule has 7 atom stereocenters. The highest BCUT2D eigenvalue weighted by Gasteiger charge is 2.47. The van der Waals surface area contributed by atoms with Crippen LogP contribution in [-0.2, 0) is 25.5 Å². The summed E-state index contributed by atoms with van der Waals surface area (Å²) < 4.78 is 11.1. The number of aliphatic hydroxyl groups excluding tert-OH is 3. The smallest absolute Gasteiger partial charge is 0.249 e. The van der Waals surface area contributed by atoms with Crippen molar-refractivity contribution in [2.45, 2.75) is 109 Å². The summed E-state index contributed by atoms with van der Waals surface area (Å²) in [6, 6.07) is 8.51. The lowest BCUT2D eigenvalue weighted by atomic mass is 9.96. The molecule has 1 aliphatic heterocycles. The molecule has 0 bridgehead atoms. The van der Waals surface area contributed by atoms with Crippen molar-refractivity contribution in [1.82, 2.24) is 10.6 Å². The van der Waals surface area contributed by atoms with Gasteiger partial charge in [0.15, 0.2) is 6.29 Å². The van der Waals surface area contributed by atoms with Gasteiger partial charge in [0.05, 0.1) is 6.61 Å². The van der Waals surface area contributed by atoms with Gasteiger partial charge in [0.1, 0.15) is 30.5 Å². The van der Waals surface area contributed by atoms with E-state index in [0.29, 0.717) is 12.8 Å². The van der Waals surface area contributed by atoms with Crippen molar-refractivity contribution in [3.8, 4) is 0 Å². The Morgan fingerprint density at radius 2 is 1.77 bits per heavy atom. The molecule has 1 heterocycles. The molecule has 9 heteroatoms. The van der Waals surface area contributed by atoms with Gasteiger partial charge in [-0.15, -0.1) is 0 Å². The van der Waals surface area contributed by atoms with E-state index in [9.17, 15) is 24.9 Å². The Labute approximate surface area is 208 Å². The number of nitrogens with one attached hydrogen (secondary N) is 2. The Kier molecular flexibility index (Phi) is 12.6. The summed E-state index contributed by atoms with van der Waals surface area (Å²) >= 11 is 0. The number of hydrogen-bond donors (Lipinski definition) is 5. The second-order valence-electron chi connectivity index (χ2n) is 9.34. The monoisotopic (exact) mass is 494 g/mol. The van der Waals surface area contributed by atoms with E-state index in [1.165, 1.54) is 0 Å². The van der Waals surface area contributed by atoms with Crippen LogP contribution in [-0.4, -0.2) is 76.5 Å². The maximum absolute atomic E-state index is 12.8. The number of unbranched alkanes of at least 4 members (excludes halogenated alkanes) is 4. The molecular weight excluding hydrogens is 452 g/mol. The van der Waals surface area contributed by atoms with Gasteiger partial charge in [0.25, 0.3) is 0 Å². The van der Waals surface area contributed by atoms with E-state index in [1.807, 2.05) is 37.3 Å². The number of benzene rings is 1. The van der Waals surface area contributed by atoms with Crippen molar-refractivity contribution in [1.29, 1.82) is 0 Å². The van der Waals surface area contributed by atoms with Gasteiger partial charge < -0.3 is 35.4 Å². The van der Waals surface area contributed by atoms with Crippen molar-refractivity contribution in [3.05, 3.63) is 35.9 Å². The second-order valence-corrected chi connectivity index (χ2v) is 9.34. The first-order valence-electron chi connectivity index (χ1n) is 12.7. The first kappa shape index (κ1) is 29.2. The number of aliphatic hydroxyl groups is 3. The maximum atomic E-state index is 12.8. The van der Waals surface area contributed by atoms with Crippen molar-refractivity contribution in [2.24, 2.45) is 0 Å². The Balaban J connectivity index is 1.97. The van der Waals surface area contributed by atoms with Gasteiger partial charge in [-0.1, -0.05) is 62.9 Å². The number of hydrogen-bond acceptors (Lipinski definition) is 7. The fraction of sp³-hybridized carbons (Fsp3) is 0.692. The molecule has 1 aliphatic rings. The van der Waals surface area contributed by atoms with Crippen LogP contribution in [0.2, 0.25) is 0 Å². The Hall–Kier alpha value is -2.04. The average Bonchev–Trinajstić information content (AvgIpc) is 2.83. The summed E-state index contributed by atoms with van der Waals surface area (Å²) in [5.74, 6) is -0.686. The van der Waals surface area contributed by atoms with Gasteiger partial charge >= 0.3 is 0 Å². The number of ether oxygens (including phenoxy) is 2. The molecule has 9 nitrogen and oxygen atoms in total. The normalized spacial score (nSPS) is 26.1. The van der Waals surface area contributed by atoms with E-state index in [1.54, 1.807) is 6.92 Å². The van der Waals surface area contributed by atoms with Crippen molar-refractivity contribution in [3.63, 3.8) is 0 Å². The quantitative estimate of drug-likeness (QED) is 0.247. The van der Waals surface area contributed by atoms with Crippen molar-refractivity contribution < 1.29 is 34.4 Å². The second kappa shape index (κ2) is 15.2. The van der Waals surface area contributed by atoms with Crippen LogP contribution in [0.25, 0.3) is 0 Å². The highest BCUT2D eigenvalue weighted by atomic mass is 16.6. The summed E-state index contributed by atoms with van der Waals surface area (Å²) in [5, 5.41) is 36.3. The van der Waals surface area contributed by atoms with E-state index in [4.69, 9.17) is 9.47 Å².